The number of allylic oxidation sites excluding steroid dienone is 2. The minimum absolute atomic E-state index is 0.0333. The lowest BCUT2D eigenvalue weighted by Crippen LogP contribution is -2.04. The minimum Gasteiger partial charge on any atom is -0.378 e. The average Bonchev–Trinajstić information content (AvgIpc) is 3.18. The van der Waals surface area contributed by atoms with Crippen LogP contribution in [-0.2, 0) is 0 Å². The highest BCUT2D eigenvalue weighted by Gasteiger charge is 2.20. The SMILES string of the molecule is Nc1ncnc(N/N=C\c2ccc(C3=CCCC3)s2)c1[N+](=O)[O-]. The van der Waals surface area contributed by atoms with Gasteiger partial charge in [0.2, 0.25) is 11.6 Å². The molecule has 0 bridgehead atoms. The summed E-state index contributed by atoms with van der Waals surface area (Å²) in [5, 5.41) is 15.0. The van der Waals surface area contributed by atoms with Crippen LogP contribution in [0.5, 0.6) is 0 Å². The molecule has 0 radical (unpaired) electrons. The molecule has 23 heavy (non-hydrogen) atoms. The minimum atomic E-state index is -0.636. The van der Waals surface area contributed by atoms with Gasteiger partial charge in [-0.25, -0.2) is 9.97 Å². The number of anilines is 2. The van der Waals surface area contributed by atoms with Gasteiger partial charge in [-0.15, -0.1) is 11.3 Å². The molecule has 0 saturated carbocycles. The van der Waals surface area contributed by atoms with E-state index in [-0.39, 0.29) is 17.3 Å². The Kier molecular flexibility index (Phi) is 4.29. The van der Waals surface area contributed by atoms with Gasteiger partial charge in [0.15, 0.2) is 0 Å². The molecule has 1 aliphatic carbocycles. The van der Waals surface area contributed by atoms with Crippen molar-refractivity contribution in [3.05, 3.63) is 44.4 Å². The molecule has 8 nitrogen and oxygen atoms in total. The molecule has 0 amide bonds. The number of thiophene rings is 1. The summed E-state index contributed by atoms with van der Waals surface area (Å²) in [7, 11) is 0. The molecule has 0 spiro atoms. The molecule has 0 atom stereocenters. The first-order chi connectivity index (χ1) is 11.1. The zero-order valence-corrected chi connectivity index (χ0v) is 12.9. The van der Waals surface area contributed by atoms with Gasteiger partial charge in [-0.2, -0.15) is 5.10 Å². The predicted octanol–water partition coefficient (Wildman–Crippen LogP) is 3.04. The number of nitrogens with zero attached hydrogens (tertiary/aromatic N) is 4. The number of aromatic nitrogens is 2. The van der Waals surface area contributed by atoms with Crippen molar-refractivity contribution in [2.24, 2.45) is 5.10 Å². The van der Waals surface area contributed by atoms with Gasteiger partial charge in [0.1, 0.15) is 6.33 Å². The second-order valence-corrected chi connectivity index (χ2v) is 6.02. The van der Waals surface area contributed by atoms with Crippen LogP contribution in [0.4, 0.5) is 17.3 Å². The molecule has 2 aromatic heterocycles. The van der Waals surface area contributed by atoms with E-state index in [1.54, 1.807) is 17.6 Å². The first-order valence-electron chi connectivity index (χ1n) is 6.98. The maximum absolute atomic E-state index is 11.0. The number of nitro groups is 1. The van der Waals surface area contributed by atoms with E-state index < -0.39 is 4.92 Å². The van der Waals surface area contributed by atoms with Crippen molar-refractivity contribution < 1.29 is 4.92 Å². The molecular formula is C14H14N6O2S. The lowest BCUT2D eigenvalue weighted by molar-refractivity contribution is -0.383. The Morgan fingerprint density at radius 2 is 2.30 bits per heavy atom. The standard InChI is InChI=1S/C14H14N6O2S/c15-13-12(20(21)22)14(17-8-16-13)19-18-7-10-5-6-11(23-10)9-3-1-2-4-9/h3,5-8H,1-2,4H2,(H3,15,16,17,19)/b18-7-. The number of hydrogen-bond donors (Lipinski definition) is 2. The van der Waals surface area contributed by atoms with Crippen LogP contribution in [0.2, 0.25) is 0 Å². The maximum atomic E-state index is 11.0. The summed E-state index contributed by atoms with van der Waals surface area (Å²) in [6.45, 7) is 0. The lowest BCUT2D eigenvalue weighted by Gasteiger charge is -2.01. The monoisotopic (exact) mass is 330 g/mol. The molecule has 3 rings (SSSR count). The topological polar surface area (TPSA) is 119 Å². The highest BCUT2D eigenvalue weighted by molar-refractivity contribution is 7.14. The van der Waals surface area contributed by atoms with E-state index in [1.807, 2.05) is 6.07 Å². The van der Waals surface area contributed by atoms with Crippen molar-refractivity contribution in [2.45, 2.75) is 19.3 Å². The largest absolute Gasteiger partial charge is 0.378 e. The third kappa shape index (κ3) is 3.34. The van der Waals surface area contributed by atoms with Crippen LogP contribution in [0.1, 0.15) is 29.0 Å². The molecule has 3 N–H and O–H groups in total. The highest BCUT2D eigenvalue weighted by atomic mass is 32.1. The van der Waals surface area contributed by atoms with Gasteiger partial charge in [0, 0.05) is 9.75 Å². The molecule has 0 aliphatic heterocycles. The predicted molar refractivity (Wildman–Crippen MR) is 90.5 cm³/mol. The Labute approximate surface area is 135 Å². The molecule has 0 aromatic carbocycles. The first kappa shape index (κ1) is 15.1. The van der Waals surface area contributed by atoms with Gasteiger partial charge in [-0.3, -0.25) is 15.5 Å². The second-order valence-electron chi connectivity index (χ2n) is 4.91. The molecule has 118 valence electrons. The smallest absolute Gasteiger partial charge is 0.354 e. The number of nitrogen functional groups attached to an aromatic ring is 1. The van der Waals surface area contributed by atoms with Gasteiger partial charge in [0.25, 0.3) is 0 Å². The number of nitrogens with one attached hydrogen (secondary N) is 1. The Morgan fingerprint density at radius 1 is 1.43 bits per heavy atom. The third-order valence-corrected chi connectivity index (χ3v) is 4.48. The van der Waals surface area contributed by atoms with E-state index in [0.29, 0.717) is 0 Å². The van der Waals surface area contributed by atoms with Crippen LogP contribution >= 0.6 is 11.3 Å². The van der Waals surface area contributed by atoms with Crippen molar-refractivity contribution in [2.75, 3.05) is 11.2 Å². The van der Waals surface area contributed by atoms with Crippen LogP contribution in [0.15, 0.2) is 29.6 Å². The molecule has 0 fully saturated rings. The first-order valence-corrected chi connectivity index (χ1v) is 7.80. The summed E-state index contributed by atoms with van der Waals surface area (Å²) in [5.74, 6) is -0.233. The fourth-order valence-corrected chi connectivity index (χ4v) is 3.25. The fourth-order valence-electron chi connectivity index (χ4n) is 2.30. The van der Waals surface area contributed by atoms with Gasteiger partial charge < -0.3 is 5.73 Å². The zero-order chi connectivity index (χ0) is 16.2. The molecule has 9 heteroatoms. The van der Waals surface area contributed by atoms with E-state index in [9.17, 15) is 10.1 Å². The number of hydrogen-bond acceptors (Lipinski definition) is 8. The van der Waals surface area contributed by atoms with Crippen molar-refractivity contribution in [3.63, 3.8) is 0 Å². The zero-order valence-electron chi connectivity index (χ0n) is 12.1. The molecule has 0 saturated heterocycles. The Hall–Kier alpha value is -2.81. The van der Waals surface area contributed by atoms with E-state index in [2.05, 4.69) is 32.6 Å². The summed E-state index contributed by atoms with van der Waals surface area (Å²) >= 11 is 1.63. The van der Waals surface area contributed by atoms with E-state index >= 15 is 0 Å². The summed E-state index contributed by atoms with van der Waals surface area (Å²) in [4.78, 5) is 19.9. The van der Waals surface area contributed by atoms with Gasteiger partial charge in [0.05, 0.1) is 11.1 Å². The maximum Gasteiger partial charge on any atom is 0.354 e. The van der Waals surface area contributed by atoms with Crippen LogP contribution in [0.3, 0.4) is 0 Å². The Bertz CT molecular complexity index is 798. The molecule has 2 heterocycles. The van der Waals surface area contributed by atoms with E-state index in [4.69, 9.17) is 5.73 Å². The number of hydrazone groups is 1. The molecular weight excluding hydrogens is 316 g/mol. The number of rotatable bonds is 5. The van der Waals surface area contributed by atoms with Crippen LogP contribution < -0.4 is 11.2 Å². The average molecular weight is 330 g/mol. The summed E-state index contributed by atoms with van der Waals surface area (Å²) < 4.78 is 0. The van der Waals surface area contributed by atoms with E-state index in [1.165, 1.54) is 16.9 Å². The van der Waals surface area contributed by atoms with Crippen molar-refractivity contribution in [1.29, 1.82) is 0 Å². The van der Waals surface area contributed by atoms with Gasteiger partial charge in [-0.1, -0.05) is 6.08 Å². The summed E-state index contributed by atoms with van der Waals surface area (Å²) in [5.41, 5.74) is 9.04. The van der Waals surface area contributed by atoms with Crippen LogP contribution in [0.25, 0.3) is 5.57 Å². The normalized spacial score (nSPS) is 14.2. The van der Waals surface area contributed by atoms with Crippen LogP contribution in [-0.4, -0.2) is 21.1 Å². The Morgan fingerprint density at radius 3 is 3.04 bits per heavy atom. The summed E-state index contributed by atoms with van der Waals surface area (Å²) in [6.07, 6.45) is 8.47. The fraction of sp³-hybridized carbons (Fsp3) is 0.214. The third-order valence-electron chi connectivity index (χ3n) is 3.38. The molecule has 2 aromatic rings. The highest BCUT2D eigenvalue weighted by Crippen LogP contribution is 2.32. The van der Waals surface area contributed by atoms with Gasteiger partial charge in [-0.05, 0) is 37.0 Å². The Balaban J connectivity index is 1.72. The molecule has 0 unspecified atom stereocenters. The lowest BCUT2D eigenvalue weighted by atomic mass is 10.2. The van der Waals surface area contributed by atoms with Gasteiger partial charge >= 0.3 is 5.69 Å². The second kappa shape index (κ2) is 6.53. The van der Waals surface area contributed by atoms with Crippen molar-refractivity contribution in [1.82, 2.24) is 9.97 Å². The summed E-state index contributed by atoms with van der Waals surface area (Å²) in [6, 6.07) is 4.03. The number of nitrogens with two attached hydrogens (primary N) is 1. The van der Waals surface area contributed by atoms with Crippen molar-refractivity contribution in [3.8, 4) is 0 Å². The van der Waals surface area contributed by atoms with E-state index in [0.717, 1.165) is 24.0 Å². The van der Waals surface area contributed by atoms with Crippen LogP contribution in [0, 0.1) is 10.1 Å². The molecule has 1 aliphatic rings. The quantitative estimate of drug-likeness (QED) is 0.494. The van der Waals surface area contributed by atoms with Crippen molar-refractivity contribution >= 4 is 40.4 Å².